The van der Waals surface area contributed by atoms with Crippen LogP contribution in [0.3, 0.4) is 0 Å². The van der Waals surface area contributed by atoms with Crippen LogP contribution in [-0.2, 0) is 15.9 Å². The molecule has 1 amide bonds. The lowest BCUT2D eigenvalue weighted by Gasteiger charge is -2.25. The van der Waals surface area contributed by atoms with Gasteiger partial charge >= 0.3 is 6.09 Å². The highest BCUT2D eigenvalue weighted by atomic mass is 35.5. The number of hydrogen-bond donors (Lipinski definition) is 0. The Morgan fingerprint density at radius 3 is 2.71 bits per heavy atom. The molecule has 214 valence electrons. The maximum absolute atomic E-state index is 12.5. The number of halogens is 1. The van der Waals surface area contributed by atoms with Gasteiger partial charge in [0, 0.05) is 50.7 Å². The van der Waals surface area contributed by atoms with E-state index in [9.17, 15) is 14.4 Å². The second-order valence-electron chi connectivity index (χ2n) is 9.16. The van der Waals surface area contributed by atoms with Crippen molar-refractivity contribution in [3.63, 3.8) is 0 Å². The molecule has 0 aliphatic carbocycles. The highest BCUT2D eigenvalue weighted by Gasteiger charge is 2.18. The molecule has 0 atom stereocenters. The van der Waals surface area contributed by atoms with Crippen molar-refractivity contribution in [1.29, 1.82) is 0 Å². The van der Waals surface area contributed by atoms with E-state index in [2.05, 4.69) is 10.3 Å². The van der Waals surface area contributed by atoms with Crippen LogP contribution >= 0.6 is 22.9 Å². The van der Waals surface area contributed by atoms with Gasteiger partial charge in [0.15, 0.2) is 5.78 Å². The lowest BCUT2D eigenvalue weighted by molar-refractivity contribution is 0.0260. The van der Waals surface area contributed by atoms with Gasteiger partial charge in [0.2, 0.25) is 0 Å². The highest BCUT2D eigenvalue weighted by Crippen LogP contribution is 2.27. The van der Waals surface area contributed by atoms with Gasteiger partial charge < -0.3 is 19.1 Å². The molecular formula is C28H28ClN5O6S. The Hall–Kier alpha value is -4.00. The number of amides is 1. The van der Waals surface area contributed by atoms with Crippen LogP contribution < -0.4 is 10.3 Å². The van der Waals surface area contributed by atoms with Crippen molar-refractivity contribution < 1.29 is 23.8 Å². The van der Waals surface area contributed by atoms with Crippen molar-refractivity contribution in [2.45, 2.75) is 19.3 Å². The van der Waals surface area contributed by atoms with Gasteiger partial charge in [0.25, 0.3) is 5.56 Å². The highest BCUT2D eigenvalue weighted by molar-refractivity contribution is 7.18. The molecular weight excluding hydrogens is 570 g/mol. The van der Waals surface area contributed by atoms with Crippen LogP contribution in [0.5, 0.6) is 5.75 Å². The van der Waals surface area contributed by atoms with Crippen molar-refractivity contribution in [2.24, 2.45) is 0 Å². The predicted molar refractivity (Wildman–Crippen MR) is 153 cm³/mol. The number of carbonyl (C=O) groups is 2. The summed E-state index contributed by atoms with van der Waals surface area (Å²) in [5.74, 6) is 0.464. The van der Waals surface area contributed by atoms with Crippen molar-refractivity contribution in [2.75, 3.05) is 39.5 Å². The van der Waals surface area contributed by atoms with Gasteiger partial charge in [0.05, 0.1) is 53.2 Å². The Morgan fingerprint density at radius 1 is 1.07 bits per heavy atom. The van der Waals surface area contributed by atoms with E-state index in [4.69, 9.17) is 25.8 Å². The van der Waals surface area contributed by atoms with E-state index in [-0.39, 0.29) is 37.1 Å². The predicted octanol–water partition coefficient (Wildman–Crippen LogP) is 4.19. The fourth-order valence-corrected chi connectivity index (χ4v) is 5.21. The van der Waals surface area contributed by atoms with Gasteiger partial charge in [-0.3, -0.25) is 14.2 Å². The normalized spacial score (nSPS) is 13.2. The summed E-state index contributed by atoms with van der Waals surface area (Å²) in [5.41, 5.74) is 1.69. The van der Waals surface area contributed by atoms with Crippen LogP contribution in [-0.4, -0.2) is 75.9 Å². The summed E-state index contributed by atoms with van der Waals surface area (Å²) in [7, 11) is 0. The average Bonchev–Trinajstić information content (AvgIpc) is 3.65. The van der Waals surface area contributed by atoms with E-state index in [0.717, 1.165) is 0 Å². The third-order valence-electron chi connectivity index (χ3n) is 6.33. The molecule has 4 aromatic rings. The third kappa shape index (κ3) is 7.40. The SMILES string of the molecule is O=C(CCc1cn(-c2ccc(-n3ccccc3=O)cc2OCCCOC(=O)N2CCOCC2)nn1)c1ccc(Cl)s1. The molecule has 0 saturated carbocycles. The number of aryl methyl sites for hydroxylation is 1. The number of nitrogens with zero attached hydrogens (tertiary/aromatic N) is 5. The average molecular weight is 598 g/mol. The zero-order valence-corrected chi connectivity index (χ0v) is 23.7. The van der Waals surface area contributed by atoms with Gasteiger partial charge in [-0.25, -0.2) is 9.48 Å². The molecule has 0 radical (unpaired) electrons. The first-order valence-corrected chi connectivity index (χ1v) is 14.3. The number of morpholine rings is 1. The number of hydrogen-bond acceptors (Lipinski definition) is 9. The fraction of sp³-hybridized carbons (Fsp3) is 0.321. The first-order chi connectivity index (χ1) is 20.0. The van der Waals surface area contributed by atoms with E-state index in [1.807, 2.05) is 0 Å². The molecule has 4 heterocycles. The monoisotopic (exact) mass is 597 g/mol. The molecule has 1 aliphatic heterocycles. The Kier molecular flexibility index (Phi) is 9.44. The topological polar surface area (TPSA) is 118 Å². The lowest BCUT2D eigenvalue weighted by atomic mass is 10.1. The molecule has 1 fully saturated rings. The number of benzene rings is 1. The van der Waals surface area contributed by atoms with E-state index < -0.39 is 0 Å². The maximum Gasteiger partial charge on any atom is 0.409 e. The number of carbonyl (C=O) groups excluding carboxylic acids is 2. The quantitative estimate of drug-likeness (QED) is 0.187. The summed E-state index contributed by atoms with van der Waals surface area (Å²) in [5, 5.41) is 8.47. The molecule has 3 aromatic heterocycles. The number of pyridine rings is 1. The van der Waals surface area contributed by atoms with Crippen molar-refractivity contribution in [3.8, 4) is 17.1 Å². The summed E-state index contributed by atoms with van der Waals surface area (Å²) in [6.45, 7) is 2.50. The second-order valence-corrected chi connectivity index (χ2v) is 10.9. The molecule has 41 heavy (non-hydrogen) atoms. The van der Waals surface area contributed by atoms with Crippen molar-refractivity contribution in [3.05, 3.63) is 86.2 Å². The zero-order chi connectivity index (χ0) is 28.6. The number of ketones is 1. The molecule has 0 N–H and O–H groups in total. The summed E-state index contributed by atoms with van der Waals surface area (Å²) in [6.07, 6.45) is 4.21. The summed E-state index contributed by atoms with van der Waals surface area (Å²) in [4.78, 5) is 39.3. The van der Waals surface area contributed by atoms with E-state index in [1.165, 1.54) is 22.0 Å². The largest absolute Gasteiger partial charge is 0.491 e. The standard InChI is InChI=1S/C28H28ClN5O6S/c29-26-10-9-25(41-26)23(35)8-5-20-19-34(31-30-20)22-7-6-21(33-11-2-1-4-27(33)36)18-24(22)39-14-3-15-40-28(37)32-12-16-38-17-13-32/h1-2,4,6-7,9-11,18-19H,3,5,8,12-17H2. The van der Waals surface area contributed by atoms with E-state index in [1.54, 1.807) is 64.4 Å². The number of rotatable bonds is 11. The minimum Gasteiger partial charge on any atom is -0.491 e. The maximum atomic E-state index is 12.5. The fourth-order valence-electron chi connectivity index (χ4n) is 4.20. The second kappa shape index (κ2) is 13.6. The first-order valence-electron chi connectivity index (χ1n) is 13.1. The molecule has 1 aromatic carbocycles. The van der Waals surface area contributed by atoms with Gasteiger partial charge in [-0.2, -0.15) is 0 Å². The van der Waals surface area contributed by atoms with Crippen LogP contribution in [0.1, 0.15) is 28.2 Å². The number of aromatic nitrogens is 4. The Morgan fingerprint density at radius 2 is 1.93 bits per heavy atom. The van der Waals surface area contributed by atoms with Gasteiger partial charge in [-0.15, -0.1) is 16.4 Å². The third-order valence-corrected chi connectivity index (χ3v) is 7.60. The molecule has 1 aliphatic rings. The van der Waals surface area contributed by atoms with Crippen LogP contribution in [0.4, 0.5) is 4.79 Å². The Bertz CT molecular complexity index is 1560. The van der Waals surface area contributed by atoms with E-state index >= 15 is 0 Å². The number of thiophene rings is 1. The zero-order valence-electron chi connectivity index (χ0n) is 22.1. The molecule has 1 saturated heterocycles. The molecule has 0 unspecified atom stereocenters. The van der Waals surface area contributed by atoms with Gasteiger partial charge in [-0.05, 0) is 30.3 Å². The van der Waals surface area contributed by atoms with Crippen LogP contribution in [0.15, 0.2) is 65.7 Å². The minimum absolute atomic E-state index is 0.00699. The van der Waals surface area contributed by atoms with Gasteiger partial charge in [-0.1, -0.05) is 22.9 Å². The molecule has 5 rings (SSSR count). The minimum atomic E-state index is -0.366. The summed E-state index contributed by atoms with van der Waals surface area (Å²) >= 11 is 7.20. The summed E-state index contributed by atoms with van der Waals surface area (Å²) in [6, 6.07) is 13.7. The molecule has 11 nitrogen and oxygen atoms in total. The van der Waals surface area contributed by atoms with Crippen LogP contribution in [0.25, 0.3) is 11.4 Å². The van der Waals surface area contributed by atoms with Crippen LogP contribution in [0, 0.1) is 0 Å². The molecule has 13 heteroatoms. The Labute approximate surface area is 244 Å². The lowest BCUT2D eigenvalue weighted by Crippen LogP contribution is -2.41. The van der Waals surface area contributed by atoms with Crippen LogP contribution in [0.2, 0.25) is 4.34 Å². The van der Waals surface area contributed by atoms with Crippen molar-refractivity contribution >= 4 is 34.8 Å². The molecule has 0 bridgehead atoms. The smallest absolute Gasteiger partial charge is 0.409 e. The number of Topliss-reactive ketones (excluding diaryl/α,β-unsaturated/α-hetero) is 1. The van der Waals surface area contributed by atoms with E-state index in [0.29, 0.717) is 71.2 Å². The first kappa shape index (κ1) is 28.5. The Balaban J connectivity index is 1.26. The summed E-state index contributed by atoms with van der Waals surface area (Å²) < 4.78 is 20.4. The van der Waals surface area contributed by atoms with Crippen molar-refractivity contribution in [1.82, 2.24) is 24.5 Å². The van der Waals surface area contributed by atoms with Gasteiger partial charge in [0.1, 0.15) is 11.4 Å². The number of ether oxygens (including phenoxy) is 3. The molecule has 0 spiro atoms.